The van der Waals surface area contributed by atoms with E-state index >= 15 is 0 Å². The lowest BCUT2D eigenvalue weighted by atomic mass is 10.1. The predicted molar refractivity (Wildman–Crippen MR) is 89.5 cm³/mol. The lowest BCUT2D eigenvalue weighted by Gasteiger charge is -2.18. The molecule has 6 heteroatoms. The van der Waals surface area contributed by atoms with E-state index in [1.54, 1.807) is 30.5 Å². The van der Waals surface area contributed by atoms with Crippen LogP contribution in [0.15, 0.2) is 48.7 Å². The first-order chi connectivity index (χ1) is 11.7. The fraction of sp³-hybridized carbons (Fsp3) is 0.222. The molecule has 3 rings (SSSR count). The van der Waals surface area contributed by atoms with Crippen molar-refractivity contribution >= 4 is 16.8 Å². The van der Waals surface area contributed by atoms with E-state index < -0.39 is 0 Å². The maximum atomic E-state index is 13.2. The molecule has 124 valence electrons. The highest BCUT2D eigenvalue weighted by atomic mass is 19.1. The van der Waals surface area contributed by atoms with Gasteiger partial charge in [0.1, 0.15) is 17.7 Å². The van der Waals surface area contributed by atoms with Crippen LogP contribution in [0.1, 0.15) is 23.7 Å². The Morgan fingerprint density at radius 1 is 1.33 bits per heavy atom. The van der Waals surface area contributed by atoms with Crippen LogP contribution < -0.4 is 10.1 Å². The summed E-state index contributed by atoms with van der Waals surface area (Å²) >= 11 is 0. The summed E-state index contributed by atoms with van der Waals surface area (Å²) < 4.78 is 18.9. The predicted octanol–water partition coefficient (Wildman–Crippen LogP) is 3.29. The standard InChI is InChI=1S/C18H18FN3O2/c1-2-13(24-14-6-3-5-12(19)9-14)10-20-18(23)15-7-4-8-17-16(15)11-21-22-17/h3-9,11,13H,2,10H2,1H3,(H,20,23)(H,21,22). The van der Waals surface area contributed by atoms with Gasteiger partial charge in [0.2, 0.25) is 0 Å². The quantitative estimate of drug-likeness (QED) is 0.730. The minimum Gasteiger partial charge on any atom is -0.489 e. The number of hydrogen-bond acceptors (Lipinski definition) is 3. The van der Waals surface area contributed by atoms with Crippen LogP contribution in [0.25, 0.3) is 10.9 Å². The molecule has 0 saturated carbocycles. The zero-order chi connectivity index (χ0) is 16.9. The summed E-state index contributed by atoms with van der Waals surface area (Å²) in [5.74, 6) is -0.0886. The first kappa shape index (κ1) is 16.0. The largest absolute Gasteiger partial charge is 0.489 e. The van der Waals surface area contributed by atoms with Crippen LogP contribution in [0.2, 0.25) is 0 Å². The highest BCUT2D eigenvalue weighted by Crippen LogP contribution is 2.17. The second kappa shape index (κ2) is 7.12. The molecule has 0 aliphatic rings. The number of aromatic nitrogens is 2. The van der Waals surface area contributed by atoms with E-state index in [0.717, 1.165) is 10.9 Å². The van der Waals surface area contributed by atoms with Gasteiger partial charge in [0.05, 0.1) is 23.8 Å². The molecule has 2 aromatic carbocycles. The molecular formula is C18H18FN3O2. The number of ether oxygens (including phenoxy) is 1. The Balaban J connectivity index is 1.65. The number of amides is 1. The zero-order valence-corrected chi connectivity index (χ0v) is 13.3. The van der Waals surface area contributed by atoms with Gasteiger partial charge < -0.3 is 10.1 Å². The van der Waals surface area contributed by atoms with Crippen molar-refractivity contribution in [3.8, 4) is 5.75 Å². The van der Waals surface area contributed by atoms with Crippen LogP contribution in [0.3, 0.4) is 0 Å². The van der Waals surface area contributed by atoms with Crippen LogP contribution in [-0.2, 0) is 0 Å². The summed E-state index contributed by atoms with van der Waals surface area (Å²) in [6.07, 6.45) is 2.08. The van der Waals surface area contributed by atoms with Crippen molar-refractivity contribution in [3.05, 3.63) is 60.0 Å². The minimum absolute atomic E-state index is 0.191. The second-order valence-corrected chi connectivity index (χ2v) is 5.45. The molecule has 1 heterocycles. The van der Waals surface area contributed by atoms with Gasteiger partial charge in [-0.1, -0.05) is 19.1 Å². The average molecular weight is 327 g/mol. The third-order valence-corrected chi connectivity index (χ3v) is 3.77. The summed E-state index contributed by atoms with van der Waals surface area (Å²) in [5, 5.41) is 10.4. The van der Waals surface area contributed by atoms with Crippen LogP contribution in [0.4, 0.5) is 4.39 Å². The Morgan fingerprint density at radius 2 is 2.17 bits per heavy atom. The molecule has 0 aliphatic carbocycles. The first-order valence-corrected chi connectivity index (χ1v) is 7.80. The van der Waals surface area contributed by atoms with Gasteiger partial charge in [0, 0.05) is 11.5 Å². The number of carbonyl (C=O) groups is 1. The molecule has 3 aromatic rings. The third-order valence-electron chi connectivity index (χ3n) is 3.77. The summed E-state index contributed by atoms with van der Waals surface area (Å²) in [6, 6.07) is 11.4. The van der Waals surface area contributed by atoms with Gasteiger partial charge in [-0.15, -0.1) is 0 Å². The van der Waals surface area contributed by atoms with Crippen molar-refractivity contribution in [1.82, 2.24) is 15.5 Å². The third kappa shape index (κ3) is 3.53. The molecule has 0 bridgehead atoms. The monoisotopic (exact) mass is 327 g/mol. The molecule has 1 unspecified atom stereocenters. The molecule has 0 aliphatic heterocycles. The molecule has 0 fully saturated rings. The molecule has 0 saturated heterocycles. The number of nitrogens with zero attached hydrogens (tertiary/aromatic N) is 1. The number of aromatic amines is 1. The number of rotatable bonds is 6. The van der Waals surface area contributed by atoms with E-state index in [2.05, 4.69) is 15.5 Å². The number of nitrogens with one attached hydrogen (secondary N) is 2. The van der Waals surface area contributed by atoms with Crippen molar-refractivity contribution in [2.45, 2.75) is 19.4 Å². The topological polar surface area (TPSA) is 67.0 Å². The summed E-state index contributed by atoms with van der Waals surface area (Å²) in [7, 11) is 0. The molecule has 1 aromatic heterocycles. The average Bonchev–Trinajstić information content (AvgIpc) is 3.07. The Bertz CT molecular complexity index is 847. The number of fused-ring (bicyclic) bond motifs is 1. The van der Waals surface area contributed by atoms with Gasteiger partial charge in [0.15, 0.2) is 0 Å². The van der Waals surface area contributed by atoms with E-state index in [4.69, 9.17) is 4.74 Å². The van der Waals surface area contributed by atoms with Crippen molar-refractivity contribution in [2.24, 2.45) is 0 Å². The first-order valence-electron chi connectivity index (χ1n) is 7.80. The molecular weight excluding hydrogens is 309 g/mol. The molecule has 0 radical (unpaired) electrons. The molecule has 1 amide bonds. The Morgan fingerprint density at radius 3 is 2.96 bits per heavy atom. The van der Waals surface area contributed by atoms with Crippen LogP contribution >= 0.6 is 0 Å². The van der Waals surface area contributed by atoms with Crippen molar-refractivity contribution in [2.75, 3.05) is 6.54 Å². The van der Waals surface area contributed by atoms with E-state index in [1.165, 1.54) is 12.1 Å². The number of halogens is 1. The van der Waals surface area contributed by atoms with Gasteiger partial charge in [-0.3, -0.25) is 9.89 Å². The van der Waals surface area contributed by atoms with Crippen LogP contribution in [-0.4, -0.2) is 28.8 Å². The van der Waals surface area contributed by atoms with Gasteiger partial charge in [0.25, 0.3) is 5.91 Å². The van der Waals surface area contributed by atoms with Gasteiger partial charge >= 0.3 is 0 Å². The van der Waals surface area contributed by atoms with Gasteiger partial charge in [-0.05, 0) is 30.7 Å². The highest BCUT2D eigenvalue weighted by Gasteiger charge is 2.14. The lowest BCUT2D eigenvalue weighted by Crippen LogP contribution is -2.35. The Hall–Kier alpha value is -2.89. The molecule has 1 atom stereocenters. The second-order valence-electron chi connectivity index (χ2n) is 5.45. The number of benzene rings is 2. The summed E-state index contributed by atoms with van der Waals surface area (Å²) in [6.45, 7) is 2.28. The molecule has 0 spiro atoms. The number of carbonyl (C=O) groups excluding carboxylic acids is 1. The maximum Gasteiger partial charge on any atom is 0.252 e. The molecule has 24 heavy (non-hydrogen) atoms. The van der Waals surface area contributed by atoms with E-state index in [-0.39, 0.29) is 17.8 Å². The van der Waals surface area contributed by atoms with Crippen molar-refractivity contribution in [1.29, 1.82) is 0 Å². The minimum atomic E-state index is -0.349. The molecule has 2 N–H and O–H groups in total. The van der Waals surface area contributed by atoms with Crippen molar-refractivity contribution < 1.29 is 13.9 Å². The number of H-pyrrole nitrogens is 1. The lowest BCUT2D eigenvalue weighted by molar-refractivity contribution is 0.0927. The fourth-order valence-electron chi connectivity index (χ4n) is 2.47. The van der Waals surface area contributed by atoms with Crippen molar-refractivity contribution in [3.63, 3.8) is 0 Å². The normalized spacial score (nSPS) is 12.1. The zero-order valence-electron chi connectivity index (χ0n) is 13.3. The Labute approximate surface area is 138 Å². The van der Waals surface area contributed by atoms with E-state index in [0.29, 0.717) is 24.3 Å². The highest BCUT2D eigenvalue weighted by molar-refractivity contribution is 6.06. The maximum absolute atomic E-state index is 13.2. The van der Waals surface area contributed by atoms with E-state index in [1.807, 2.05) is 13.0 Å². The SMILES string of the molecule is CCC(CNC(=O)c1cccc2[nH]ncc12)Oc1cccc(F)c1. The number of hydrogen-bond donors (Lipinski definition) is 2. The Kier molecular flexibility index (Phi) is 4.74. The van der Waals surface area contributed by atoms with Gasteiger partial charge in [-0.2, -0.15) is 5.10 Å². The fourth-order valence-corrected chi connectivity index (χ4v) is 2.47. The smallest absolute Gasteiger partial charge is 0.252 e. The van der Waals surface area contributed by atoms with Gasteiger partial charge in [-0.25, -0.2) is 4.39 Å². The van der Waals surface area contributed by atoms with E-state index in [9.17, 15) is 9.18 Å². The van der Waals surface area contributed by atoms with Crippen LogP contribution in [0.5, 0.6) is 5.75 Å². The molecule has 5 nitrogen and oxygen atoms in total. The summed E-state index contributed by atoms with van der Waals surface area (Å²) in [4.78, 5) is 12.4. The van der Waals surface area contributed by atoms with Crippen LogP contribution in [0, 0.1) is 5.82 Å². The summed E-state index contributed by atoms with van der Waals surface area (Å²) in [5.41, 5.74) is 1.37.